The molecule has 0 saturated carbocycles. The molecule has 2 aromatic carbocycles. The molecule has 1 aliphatic heterocycles. The first-order valence-electron chi connectivity index (χ1n) is 9.71. The minimum Gasteiger partial charge on any atom is -0.479 e. The van der Waals surface area contributed by atoms with Gasteiger partial charge in [0.05, 0.1) is 12.2 Å². The smallest absolute Gasteiger partial charge is 0.347 e. The molecule has 1 atom stereocenters. The van der Waals surface area contributed by atoms with Crippen molar-refractivity contribution >= 4 is 17.8 Å². The van der Waals surface area contributed by atoms with Crippen molar-refractivity contribution in [3.63, 3.8) is 0 Å². The van der Waals surface area contributed by atoms with Gasteiger partial charge in [0.15, 0.2) is 11.9 Å². The van der Waals surface area contributed by atoms with Crippen LogP contribution >= 0.6 is 0 Å². The Hall–Kier alpha value is -3.08. The zero-order chi connectivity index (χ0) is 21.2. The van der Waals surface area contributed by atoms with Crippen molar-refractivity contribution in [1.82, 2.24) is 0 Å². The Morgan fingerprint density at radius 3 is 2.45 bits per heavy atom. The van der Waals surface area contributed by atoms with Gasteiger partial charge >= 0.3 is 5.97 Å². The second-order valence-corrected chi connectivity index (χ2v) is 7.98. The fourth-order valence-corrected chi connectivity index (χ4v) is 2.98. The largest absolute Gasteiger partial charge is 0.479 e. The first-order valence-corrected chi connectivity index (χ1v) is 9.71. The topological polar surface area (TPSA) is 61.8 Å². The minimum atomic E-state index is -0.749. The van der Waals surface area contributed by atoms with Gasteiger partial charge in [0, 0.05) is 6.07 Å². The van der Waals surface area contributed by atoms with Crippen molar-refractivity contribution in [3.8, 4) is 11.5 Å². The first-order chi connectivity index (χ1) is 13.7. The molecule has 0 amide bonds. The van der Waals surface area contributed by atoms with E-state index >= 15 is 0 Å². The van der Waals surface area contributed by atoms with E-state index in [1.807, 2.05) is 12.1 Å². The number of esters is 1. The number of carbonyl (C=O) groups excluding carboxylic acids is 2. The summed E-state index contributed by atoms with van der Waals surface area (Å²) in [7, 11) is 0. The number of carbonyl (C=O) groups is 2. The third kappa shape index (κ3) is 4.67. The van der Waals surface area contributed by atoms with Crippen LogP contribution in [0.15, 0.2) is 48.2 Å². The molecule has 0 N–H and O–H groups in total. The Bertz CT molecular complexity index is 948. The first kappa shape index (κ1) is 20.6. The van der Waals surface area contributed by atoms with E-state index in [0.29, 0.717) is 23.7 Å². The van der Waals surface area contributed by atoms with Crippen LogP contribution in [0.4, 0.5) is 0 Å². The maximum atomic E-state index is 12.6. The van der Waals surface area contributed by atoms with Crippen molar-refractivity contribution in [1.29, 1.82) is 0 Å². The monoisotopic (exact) mass is 394 g/mol. The van der Waals surface area contributed by atoms with E-state index < -0.39 is 12.1 Å². The minimum absolute atomic E-state index is 0.0681. The standard InChI is InChI=1S/C24H26O5/c1-6-27-23(26)15(2)28-18-11-12-19-20(14-18)29-21(22(19)25)13-16-7-9-17(10-8-16)24(3,4)5/h7-15H,6H2,1-5H3/b21-13+/t15-/m0/s1. The molecule has 0 bridgehead atoms. The molecule has 3 rings (SSSR count). The average molecular weight is 394 g/mol. The van der Waals surface area contributed by atoms with Crippen LogP contribution in [0, 0.1) is 0 Å². The fraction of sp³-hybridized carbons (Fsp3) is 0.333. The molecule has 0 saturated heterocycles. The predicted octanol–water partition coefficient (Wildman–Crippen LogP) is 4.93. The number of hydrogen-bond acceptors (Lipinski definition) is 5. The lowest BCUT2D eigenvalue weighted by atomic mass is 9.86. The van der Waals surface area contributed by atoms with E-state index in [0.717, 1.165) is 5.56 Å². The van der Waals surface area contributed by atoms with E-state index in [-0.39, 0.29) is 17.0 Å². The Morgan fingerprint density at radius 1 is 1.14 bits per heavy atom. The molecule has 0 fully saturated rings. The van der Waals surface area contributed by atoms with Crippen molar-refractivity contribution in [2.24, 2.45) is 0 Å². The molecule has 2 aromatic rings. The molecule has 5 nitrogen and oxygen atoms in total. The summed E-state index contributed by atoms with van der Waals surface area (Å²) >= 11 is 0. The number of allylic oxidation sites excluding steroid dienone is 1. The number of ether oxygens (including phenoxy) is 3. The van der Waals surface area contributed by atoms with Gasteiger partial charge in [-0.1, -0.05) is 45.0 Å². The van der Waals surface area contributed by atoms with Gasteiger partial charge in [-0.05, 0) is 48.6 Å². The van der Waals surface area contributed by atoms with Gasteiger partial charge < -0.3 is 14.2 Å². The van der Waals surface area contributed by atoms with Crippen LogP contribution in [0.5, 0.6) is 11.5 Å². The number of ketones is 1. The van der Waals surface area contributed by atoms with E-state index in [9.17, 15) is 9.59 Å². The van der Waals surface area contributed by atoms with Crippen molar-refractivity contribution in [2.75, 3.05) is 6.61 Å². The summed E-state index contributed by atoms with van der Waals surface area (Å²) in [5.74, 6) is 0.502. The van der Waals surface area contributed by atoms with Gasteiger partial charge in [0.25, 0.3) is 0 Å². The summed E-state index contributed by atoms with van der Waals surface area (Å²) in [5, 5.41) is 0. The maximum absolute atomic E-state index is 12.6. The van der Waals surface area contributed by atoms with Gasteiger partial charge in [0.1, 0.15) is 11.5 Å². The van der Waals surface area contributed by atoms with Crippen LogP contribution in [0.2, 0.25) is 0 Å². The number of rotatable bonds is 5. The number of Topliss-reactive ketones (excluding diaryl/α,β-unsaturated/α-hetero) is 1. The van der Waals surface area contributed by atoms with Gasteiger partial charge in [-0.3, -0.25) is 4.79 Å². The van der Waals surface area contributed by atoms with E-state index in [2.05, 4.69) is 32.9 Å². The zero-order valence-electron chi connectivity index (χ0n) is 17.4. The normalized spacial score (nSPS) is 15.6. The van der Waals surface area contributed by atoms with Crippen LogP contribution in [0.1, 0.15) is 56.1 Å². The van der Waals surface area contributed by atoms with Crippen molar-refractivity contribution in [3.05, 3.63) is 64.9 Å². The Labute approximate surface area is 171 Å². The highest BCUT2D eigenvalue weighted by Gasteiger charge is 2.28. The van der Waals surface area contributed by atoms with Crippen molar-refractivity contribution < 1.29 is 23.8 Å². The van der Waals surface area contributed by atoms with Crippen LogP contribution in [-0.4, -0.2) is 24.5 Å². The molecule has 0 unspecified atom stereocenters. The summed E-state index contributed by atoms with van der Waals surface area (Å²) in [5.41, 5.74) is 2.65. The summed E-state index contributed by atoms with van der Waals surface area (Å²) < 4.78 is 16.3. The quantitative estimate of drug-likeness (QED) is 0.531. The Kier molecular flexibility index (Phi) is 5.78. The van der Waals surface area contributed by atoms with Crippen molar-refractivity contribution in [2.45, 2.75) is 46.1 Å². The molecule has 1 aliphatic rings. The number of fused-ring (bicyclic) bond motifs is 1. The molecule has 0 spiro atoms. The highest BCUT2D eigenvalue weighted by Crippen LogP contribution is 2.35. The number of hydrogen-bond donors (Lipinski definition) is 0. The summed E-state index contributed by atoms with van der Waals surface area (Å²) in [4.78, 5) is 24.4. The molecule has 0 aromatic heterocycles. The van der Waals surface area contributed by atoms with Crippen LogP contribution in [0.25, 0.3) is 6.08 Å². The summed E-state index contributed by atoms with van der Waals surface area (Å²) in [6.07, 6.45) is 0.984. The molecule has 152 valence electrons. The van der Waals surface area contributed by atoms with Crippen LogP contribution < -0.4 is 9.47 Å². The van der Waals surface area contributed by atoms with Gasteiger partial charge in [-0.15, -0.1) is 0 Å². The average Bonchev–Trinajstić information content (AvgIpc) is 2.96. The van der Waals surface area contributed by atoms with E-state index in [4.69, 9.17) is 14.2 Å². The molecular weight excluding hydrogens is 368 g/mol. The van der Waals surface area contributed by atoms with Gasteiger partial charge in [-0.25, -0.2) is 4.79 Å². The van der Waals surface area contributed by atoms with E-state index in [1.54, 1.807) is 38.1 Å². The fourth-order valence-electron chi connectivity index (χ4n) is 2.98. The summed E-state index contributed by atoms with van der Waals surface area (Å²) in [6, 6.07) is 13.0. The molecule has 0 aliphatic carbocycles. The third-order valence-corrected chi connectivity index (χ3v) is 4.65. The van der Waals surface area contributed by atoms with Crippen LogP contribution in [-0.2, 0) is 14.9 Å². The molecular formula is C24H26O5. The Balaban J connectivity index is 1.76. The second kappa shape index (κ2) is 8.11. The Morgan fingerprint density at radius 2 is 1.83 bits per heavy atom. The van der Waals surface area contributed by atoms with E-state index in [1.165, 1.54) is 5.56 Å². The summed E-state index contributed by atoms with van der Waals surface area (Å²) in [6.45, 7) is 10.1. The maximum Gasteiger partial charge on any atom is 0.347 e. The molecule has 1 heterocycles. The lowest BCUT2D eigenvalue weighted by Crippen LogP contribution is -2.26. The highest BCUT2D eigenvalue weighted by molar-refractivity contribution is 6.14. The van der Waals surface area contributed by atoms with Gasteiger partial charge in [0.2, 0.25) is 5.78 Å². The lowest BCUT2D eigenvalue weighted by molar-refractivity contribution is -0.150. The lowest BCUT2D eigenvalue weighted by Gasteiger charge is -2.18. The highest BCUT2D eigenvalue weighted by atomic mass is 16.6. The SMILES string of the molecule is CCOC(=O)[C@H](C)Oc1ccc2c(c1)O/C(=C/c1ccc(C(C)(C)C)cc1)C2=O. The molecule has 29 heavy (non-hydrogen) atoms. The number of benzene rings is 2. The molecule has 0 radical (unpaired) electrons. The predicted molar refractivity (Wildman–Crippen MR) is 111 cm³/mol. The third-order valence-electron chi connectivity index (χ3n) is 4.65. The van der Waals surface area contributed by atoms with Crippen LogP contribution in [0.3, 0.4) is 0 Å². The zero-order valence-corrected chi connectivity index (χ0v) is 17.4. The van der Waals surface area contributed by atoms with Gasteiger partial charge in [-0.2, -0.15) is 0 Å². The molecule has 5 heteroatoms. The second-order valence-electron chi connectivity index (χ2n) is 7.98.